The second-order valence-electron chi connectivity index (χ2n) is 8.47. The Labute approximate surface area is 170 Å². The summed E-state index contributed by atoms with van der Waals surface area (Å²) in [4.78, 5) is 18.6. The van der Waals surface area contributed by atoms with E-state index in [-0.39, 0.29) is 12.5 Å². The molecular formula is C20H29N7O2. The third-order valence-electron chi connectivity index (χ3n) is 6.57. The molecule has 1 aliphatic carbocycles. The number of aromatic nitrogens is 4. The van der Waals surface area contributed by atoms with Crippen LogP contribution >= 0.6 is 0 Å². The predicted molar refractivity (Wildman–Crippen MR) is 108 cm³/mol. The lowest BCUT2D eigenvalue weighted by Gasteiger charge is -2.45. The number of likely N-dealkylation sites (N-methyl/N-ethyl adjacent to an activating group) is 1. The monoisotopic (exact) mass is 399 g/mol. The fourth-order valence-electron chi connectivity index (χ4n) is 4.24. The molecule has 156 valence electrons. The second kappa shape index (κ2) is 7.87. The van der Waals surface area contributed by atoms with E-state index in [4.69, 9.17) is 9.84 Å². The number of hydrogen-bond acceptors (Lipinski definition) is 7. The minimum atomic E-state index is 0.111. The Kier molecular flexibility index (Phi) is 5.09. The van der Waals surface area contributed by atoms with Crippen LogP contribution in [0.4, 0.5) is 5.82 Å². The van der Waals surface area contributed by atoms with Crippen LogP contribution in [0.15, 0.2) is 12.1 Å². The van der Waals surface area contributed by atoms with E-state index in [9.17, 15) is 4.79 Å². The summed E-state index contributed by atoms with van der Waals surface area (Å²) in [6.45, 7) is 5.26. The SMILES string of the molecule is CN(CCN1CCCOCC1=O)C1CN(c2ccc3nnc(C4CCC4)n3n2)C1. The van der Waals surface area contributed by atoms with Crippen molar-refractivity contribution in [3.8, 4) is 0 Å². The van der Waals surface area contributed by atoms with Crippen LogP contribution in [-0.4, -0.2) is 94.5 Å². The highest BCUT2D eigenvalue weighted by Gasteiger charge is 2.32. The van der Waals surface area contributed by atoms with Gasteiger partial charge in [-0.3, -0.25) is 9.69 Å². The van der Waals surface area contributed by atoms with Gasteiger partial charge in [-0.25, -0.2) is 0 Å². The number of fused-ring (bicyclic) bond motifs is 1. The minimum absolute atomic E-state index is 0.111. The van der Waals surface area contributed by atoms with E-state index in [1.807, 2.05) is 21.5 Å². The topological polar surface area (TPSA) is 79.1 Å². The third-order valence-corrected chi connectivity index (χ3v) is 6.57. The zero-order chi connectivity index (χ0) is 19.8. The molecule has 1 amide bonds. The Morgan fingerprint density at radius 1 is 1.21 bits per heavy atom. The fraction of sp³-hybridized carbons (Fsp3) is 0.700. The van der Waals surface area contributed by atoms with Crippen molar-refractivity contribution < 1.29 is 9.53 Å². The molecule has 29 heavy (non-hydrogen) atoms. The molecule has 0 N–H and O–H groups in total. The number of amides is 1. The van der Waals surface area contributed by atoms with E-state index in [2.05, 4.69) is 27.0 Å². The Balaban J connectivity index is 1.16. The fourth-order valence-corrected chi connectivity index (χ4v) is 4.24. The first kappa shape index (κ1) is 18.7. The van der Waals surface area contributed by atoms with Crippen LogP contribution in [0.25, 0.3) is 5.65 Å². The quantitative estimate of drug-likeness (QED) is 0.710. The molecule has 0 bridgehead atoms. The highest BCUT2D eigenvalue weighted by molar-refractivity contribution is 5.77. The maximum absolute atomic E-state index is 12.1. The van der Waals surface area contributed by atoms with Crippen LogP contribution in [0, 0.1) is 0 Å². The highest BCUT2D eigenvalue weighted by Crippen LogP contribution is 2.35. The molecule has 0 spiro atoms. The number of carbonyl (C=O) groups excluding carboxylic acids is 1. The van der Waals surface area contributed by atoms with Gasteiger partial charge in [0, 0.05) is 51.3 Å². The van der Waals surface area contributed by atoms with Crippen LogP contribution in [0.3, 0.4) is 0 Å². The number of rotatable bonds is 6. The average Bonchev–Trinajstić information content (AvgIpc) is 2.92. The lowest BCUT2D eigenvalue weighted by molar-refractivity contribution is -0.134. The van der Waals surface area contributed by atoms with Gasteiger partial charge >= 0.3 is 0 Å². The normalized spacial score (nSPS) is 21.5. The first-order valence-electron chi connectivity index (χ1n) is 10.7. The first-order chi connectivity index (χ1) is 14.2. The smallest absolute Gasteiger partial charge is 0.248 e. The van der Waals surface area contributed by atoms with Crippen molar-refractivity contribution in [1.82, 2.24) is 29.6 Å². The van der Waals surface area contributed by atoms with E-state index in [1.165, 1.54) is 19.3 Å². The summed E-state index contributed by atoms with van der Waals surface area (Å²) >= 11 is 0. The maximum atomic E-state index is 12.1. The number of carbonyl (C=O) groups is 1. The van der Waals surface area contributed by atoms with E-state index >= 15 is 0 Å². The second-order valence-corrected chi connectivity index (χ2v) is 8.47. The van der Waals surface area contributed by atoms with E-state index < -0.39 is 0 Å². The molecular weight excluding hydrogens is 370 g/mol. The zero-order valence-corrected chi connectivity index (χ0v) is 17.0. The standard InChI is InChI=1S/C20H29N7O2/c1-24(9-10-25-8-3-11-29-14-19(25)28)16-12-26(13-16)18-7-6-17-21-22-20(27(17)23-18)15-4-2-5-15/h6-7,15-16H,2-5,8-14H2,1H3. The Bertz CT molecular complexity index is 875. The summed E-state index contributed by atoms with van der Waals surface area (Å²) in [5.41, 5.74) is 0.830. The Morgan fingerprint density at radius 2 is 2.07 bits per heavy atom. The van der Waals surface area contributed by atoms with Gasteiger partial charge in [0.1, 0.15) is 12.4 Å². The molecule has 1 saturated carbocycles. The first-order valence-corrected chi connectivity index (χ1v) is 10.7. The van der Waals surface area contributed by atoms with Gasteiger partial charge in [-0.15, -0.1) is 15.3 Å². The Morgan fingerprint density at radius 3 is 2.86 bits per heavy atom. The van der Waals surface area contributed by atoms with E-state index in [1.54, 1.807) is 0 Å². The van der Waals surface area contributed by atoms with Crippen molar-refractivity contribution in [2.24, 2.45) is 0 Å². The number of ether oxygens (including phenoxy) is 1. The van der Waals surface area contributed by atoms with Gasteiger partial charge < -0.3 is 14.5 Å². The molecule has 2 aromatic heterocycles. The summed E-state index contributed by atoms with van der Waals surface area (Å²) < 4.78 is 7.25. The molecule has 3 fully saturated rings. The molecule has 0 atom stereocenters. The van der Waals surface area contributed by atoms with Crippen molar-refractivity contribution in [2.45, 2.75) is 37.6 Å². The molecule has 9 nitrogen and oxygen atoms in total. The lowest BCUT2D eigenvalue weighted by atomic mass is 9.85. The summed E-state index contributed by atoms with van der Waals surface area (Å²) in [5, 5.41) is 13.5. The van der Waals surface area contributed by atoms with Crippen LogP contribution in [0.5, 0.6) is 0 Å². The molecule has 0 aromatic carbocycles. The van der Waals surface area contributed by atoms with Gasteiger partial charge in [-0.2, -0.15) is 4.52 Å². The largest absolute Gasteiger partial charge is 0.372 e. The molecule has 2 aromatic rings. The van der Waals surface area contributed by atoms with Crippen molar-refractivity contribution >= 4 is 17.4 Å². The third kappa shape index (κ3) is 3.69. The number of hydrogen-bond donors (Lipinski definition) is 0. The van der Waals surface area contributed by atoms with Gasteiger partial charge in [0.25, 0.3) is 0 Å². The van der Waals surface area contributed by atoms with Gasteiger partial charge in [0.2, 0.25) is 5.91 Å². The van der Waals surface area contributed by atoms with Crippen LogP contribution in [0.1, 0.15) is 37.4 Å². The van der Waals surface area contributed by atoms with Crippen LogP contribution in [-0.2, 0) is 9.53 Å². The molecule has 2 aliphatic heterocycles. The van der Waals surface area contributed by atoms with Crippen molar-refractivity contribution in [3.63, 3.8) is 0 Å². The molecule has 4 heterocycles. The molecule has 5 rings (SSSR count). The summed E-state index contributed by atoms with van der Waals surface area (Å²) in [6.07, 6.45) is 4.58. The summed E-state index contributed by atoms with van der Waals surface area (Å²) in [7, 11) is 2.14. The lowest BCUT2D eigenvalue weighted by Crippen LogP contribution is -2.59. The molecule has 9 heteroatoms. The van der Waals surface area contributed by atoms with Gasteiger partial charge in [0.05, 0.1) is 0 Å². The van der Waals surface area contributed by atoms with E-state index in [0.717, 1.165) is 56.4 Å². The van der Waals surface area contributed by atoms with Crippen molar-refractivity contribution in [3.05, 3.63) is 18.0 Å². The van der Waals surface area contributed by atoms with Gasteiger partial charge in [-0.05, 0) is 38.4 Å². The van der Waals surface area contributed by atoms with Crippen LogP contribution < -0.4 is 4.90 Å². The minimum Gasteiger partial charge on any atom is -0.372 e. The molecule has 2 saturated heterocycles. The molecule has 3 aliphatic rings. The Hall–Kier alpha value is -2.26. The maximum Gasteiger partial charge on any atom is 0.248 e. The van der Waals surface area contributed by atoms with Crippen molar-refractivity contribution in [1.29, 1.82) is 0 Å². The van der Waals surface area contributed by atoms with Gasteiger partial charge in [-0.1, -0.05) is 6.42 Å². The average molecular weight is 399 g/mol. The zero-order valence-electron chi connectivity index (χ0n) is 17.0. The predicted octanol–water partition coefficient (Wildman–Crippen LogP) is 0.761. The van der Waals surface area contributed by atoms with Crippen LogP contribution in [0.2, 0.25) is 0 Å². The van der Waals surface area contributed by atoms with E-state index in [0.29, 0.717) is 18.6 Å². The molecule has 0 unspecified atom stereocenters. The highest BCUT2D eigenvalue weighted by atomic mass is 16.5. The van der Waals surface area contributed by atoms with Gasteiger partial charge in [0.15, 0.2) is 11.5 Å². The number of nitrogens with zero attached hydrogens (tertiary/aromatic N) is 7. The molecule has 0 radical (unpaired) electrons. The number of anilines is 1. The summed E-state index contributed by atoms with van der Waals surface area (Å²) in [6, 6.07) is 4.54. The summed E-state index contributed by atoms with van der Waals surface area (Å²) in [5.74, 6) is 2.62. The van der Waals surface area contributed by atoms with Crippen molar-refractivity contribution in [2.75, 3.05) is 57.9 Å².